The first-order chi connectivity index (χ1) is 8.18. The molecule has 0 N–H and O–H groups in total. The summed E-state index contributed by atoms with van der Waals surface area (Å²) in [5.41, 5.74) is 2.28. The van der Waals surface area contributed by atoms with Gasteiger partial charge in [-0.2, -0.15) is 5.10 Å². The van der Waals surface area contributed by atoms with Crippen LogP contribution in [0.5, 0.6) is 0 Å². The lowest BCUT2D eigenvalue weighted by molar-refractivity contribution is 0.0812. The van der Waals surface area contributed by atoms with Crippen molar-refractivity contribution in [2.45, 2.75) is 13.2 Å². The molecule has 17 heavy (non-hydrogen) atoms. The van der Waals surface area contributed by atoms with Crippen molar-refractivity contribution in [3.8, 4) is 0 Å². The largest absolute Gasteiger partial charge is 0.373 e. The lowest BCUT2D eigenvalue weighted by Crippen LogP contribution is -2.16. The standard InChI is InChI=1S/C10H10N2O.C3H9N/c1-2-4-9-8(3-1)10-7-13-6-5-12(10)11-9;1-4(2)3/h1-4H,5-7H2;1-3H3. The molecule has 1 aliphatic heterocycles. The molecule has 3 rings (SSSR count). The van der Waals surface area contributed by atoms with Gasteiger partial charge in [0, 0.05) is 5.39 Å². The van der Waals surface area contributed by atoms with Crippen molar-refractivity contribution in [1.82, 2.24) is 14.7 Å². The van der Waals surface area contributed by atoms with Gasteiger partial charge in [-0.25, -0.2) is 0 Å². The number of rotatable bonds is 0. The topological polar surface area (TPSA) is 30.3 Å². The molecule has 92 valence electrons. The molecule has 0 aliphatic carbocycles. The number of benzene rings is 1. The lowest BCUT2D eigenvalue weighted by atomic mass is 10.2. The van der Waals surface area contributed by atoms with E-state index < -0.39 is 0 Å². The number of ether oxygens (including phenoxy) is 1. The summed E-state index contributed by atoms with van der Waals surface area (Å²) in [6.07, 6.45) is 0. The van der Waals surface area contributed by atoms with Crippen LogP contribution in [0.2, 0.25) is 0 Å². The summed E-state index contributed by atoms with van der Waals surface area (Å²) < 4.78 is 7.45. The van der Waals surface area contributed by atoms with Crippen LogP contribution in [0.15, 0.2) is 24.3 Å². The molecule has 0 atom stereocenters. The summed E-state index contributed by atoms with van der Waals surface area (Å²) in [5, 5.41) is 5.71. The van der Waals surface area contributed by atoms with Gasteiger partial charge in [0.25, 0.3) is 0 Å². The van der Waals surface area contributed by atoms with Crippen LogP contribution in [0, 0.1) is 0 Å². The predicted octanol–water partition coefficient (Wildman–Crippen LogP) is 1.74. The summed E-state index contributed by atoms with van der Waals surface area (Å²) in [6, 6.07) is 8.20. The van der Waals surface area contributed by atoms with Crippen LogP contribution in [0.4, 0.5) is 0 Å². The highest BCUT2D eigenvalue weighted by Crippen LogP contribution is 2.20. The Morgan fingerprint density at radius 1 is 1.24 bits per heavy atom. The molecule has 0 amide bonds. The number of aromatic nitrogens is 2. The minimum Gasteiger partial charge on any atom is -0.373 e. The highest BCUT2D eigenvalue weighted by atomic mass is 16.5. The molecule has 0 bridgehead atoms. The van der Waals surface area contributed by atoms with Gasteiger partial charge in [-0.15, -0.1) is 0 Å². The van der Waals surface area contributed by atoms with E-state index in [9.17, 15) is 0 Å². The monoisotopic (exact) mass is 233 g/mol. The maximum atomic E-state index is 5.40. The van der Waals surface area contributed by atoms with Crippen molar-refractivity contribution in [3.63, 3.8) is 0 Å². The molecule has 1 aromatic heterocycles. The second-order valence-corrected chi connectivity index (χ2v) is 4.58. The summed E-state index contributed by atoms with van der Waals surface area (Å²) in [5.74, 6) is 0. The third kappa shape index (κ3) is 2.84. The minimum absolute atomic E-state index is 0.695. The third-order valence-corrected chi connectivity index (χ3v) is 2.44. The summed E-state index contributed by atoms with van der Waals surface area (Å²) in [7, 11) is 6.00. The van der Waals surface area contributed by atoms with E-state index in [2.05, 4.69) is 11.2 Å². The van der Waals surface area contributed by atoms with E-state index in [1.54, 1.807) is 0 Å². The van der Waals surface area contributed by atoms with Crippen LogP contribution in [0.25, 0.3) is 10.9 Å². The molecule has 0 unspecified atom stereocenters. The SMILES string of the molecule is CN(C)C.c1ccc2c3n(nc2c1)CCOC3. The quantitative estimate of drug-likeness (QED) is 0.694. The second-order valence-electron chi connectivity index (χ2n) is 4.58. The first-order valence-corrected chi connectivity index (χ1v) is 5.81. The molecule has 0 fully saturated rings. The molecule has 0 radical (unpaired) electrons. The van der Waals surface area contributed by atoms with E-state index in [-0.39, 0.29) is 0 Å². The average molecular weight is 233 g/mol. The van der Waals surface area contributed by atoms with Crippen molar-refractivity contribution in [3.05, 3.63) is 30.0 Å². The Balaban J connectivity index is 0.000000239. The van der Waals surface area contributed by atoms with Crippen molar-refractivity contribution in [2.24, 2.45) is 0 Å². The number of hydrogen-bond acceptors (Lipinski definition) is 3. The Labute approximate surface area is 102 Å². The predicted molar refractivity (Wildman–Crippen MR) is 69.0 cm³/mol. The maximum Gasteiger partial charge on any atom is 0.0927 e. The zero-order valence-electron chi connectivity index (χ0n) is 10.7. The van der Waals surface area contributed by atoms with Gasteiger partial charge in [0.15, 0.2) is 0 Å². The fraction of sp³-hybridized carbons (Fsp3) is 0.462. The van der Waals surface area contributed by atoms with Crippen LogP contribution in [0.3, 0.4) is 0 Å². The normalized spacial score (nSPS) is 14.4. The van der Waals surface area contributed by atoms with Crippen molar-refractivity contribution < 1.29 is 4.74 Å². The third-order valence-electron chi connectivity index (χ3n) is 2.44. The van der Waals surface area contributed by atoms with Crippen LogP contribution >= 0.6 is 0 Å². The first kappa shape index (κ1) is 12.1. The van der Waals surface area contributed by atoms with E-state index in [0.29, 0.717) is 6.61 Å². The number of nitrogens with zero attached hydrogens (tertiary/aromatic N) is 3. The molecule has 2 heterocycles. The molecule has 1 aliphatic rings. The van der Waals surface area contributed by atoms with Crippen molar-refractivity contribution in [1.29, 1.82) is 0 Å². The van der Waals surface area contributed by atoms with Gasteiger partial charge < -0.3 is 9.64 Å². The first-order valence-electron chi connectivity index (χ1n) is 5.81. The van der Waals surface area contributed by atoms with Crippen LogP contribution in [0.1, 0.15) is 5.69 Å². The van der Waals surface area contributed by atoms with Gasteiger partial charge in [0.1, 0.15) is 0 Å². The molecule has 1 aromatic carbocycles. The Kier molecular flexibility index (Phi) is 3.76. The Morgan fingerprint density at radius 2 is 1.94 bits per heavy atom. The fourth-order valence-electron chi connectivity index (χ4n) is 1.79. The highest BCUT2D eigenvalue weighted by Gasteiger charge is 2.13. The molecule has 2 aromatic rings. The Morgan fingerprint density at radius 3 is 2.71 bits per heavy atom. The van der Waals surface area contributed by atoms with Crippen molar-refractivity contribution >= 4 is 10.9 Å². The fourth-order valence-corrected chi connectivity index (χ4v) is 1.79. The zero-order chi connectivity index (χ0) is 12.3. The lowest BCUT2D eigenvalue weighted by Gasteiger charge is -2.13. The van der Waals surface area contributed by atoms with E-state index in [1.165, 1.54) is 11.1 Å². The average Bonchev–Trinajstić information content (AvgIpc) is 2.66. The van der Waals surface area contributed by atoms with Crippen LogP contribution in [-0.2, 0) is 17.9 Å². The molecular weight excluding hydrogens is 214 g/mol. The molecule has 0 spiro atoms. The van der Waals surface area contributed by atoms with Crippen LogP contribution < -0.4 is 0 Å². The Bertz CT molecular complexity index is 488. The van der Waals surface area contributed by atoms with Gasteiger partial charge in [0.05, 0.1) is 31.0 Å². The minimum atomic E-state index is 0.695. The molecule has 0 saturated carbocycles. The van der Waals surface area contributed by atoms with E-state index in [0.717, 1.165) is 18.7 Å². The summed E-state index contributed by atoms with van der Waals surface area (Å²) >= 11 is 0. The van der Waals surface area contributed by atoms with Crippen LogP contribution in [-0.4, -0.2) is 42.4 Å². The molecule has 4 heteroatoms. The van der Waals surface area contributed by atoms with Gasteiger partial charge in [-0.1, -0.05) is 18.2 Å². The maximum absolute atomic E-state index is 5.40. The van der Waals surface area contributed by atoms with Gasteiger partial charge in [0.2, 0.25) is 0 Å². The van der Waals surface area contributed by atoms with E-state index in [1.807, 2.05) is 48.9 Å². The van der Waals surface area contributed by atoms with Gasteiger partial charge >= 0.3 is 0 Å². The summed E-state index contributed by atoms with van der Waals surface area (Å²) in [4.78, 5) is 2.00. The molecule has 4 nitrogen and oxygen atoms in total. The summed E-state index contributed by atoms with van der Waals surface area (Å²) in [6.45, 7) is 2.35. The second kappa shape index (κ2) is 5.29. The molecular formula is C13H19N3O. The zero-order valence-corrected chi connectivity index (χ0v) is 10.7. The van der Waals surface area contributed by atoms with E-state index in [4.69, 9.17) is 4.74 Å². The number of fused-ring (bicyclic) bond motifs is 3. The molecule has 0 saturated heterocycles. The van der Waals surface area contributed by atoms with Crippen molar-refractivity contribution in [2.75, 3.05) is 27.7 Å². The Hall–Kier alpha value is -1.39. The van der Waals surface area contributed by atoms with Gasteiger partial charge in [-0.05, 0) is 27.2 Å². The van der Waals surface area contributed by atoms with E-state index >= 15 is 0 Å². The number of hydrogen-bond donors (Lipinski definition) is 0. The highest BCUT2D eigenvalue weighted by molar-refractivity contribution is 5.81. The smallest absolute Gasteiger partial charge is 0.0927 e. The van der Waals surface area contributed by atoms with Gasteiger partial charge in [-0.3, -0.25) is 4.68 Å².